The van der Waals surface area contributed by atoms with E-state index in [2.05, 4.69) is 25.8 Å². The zero-order valence-electron chi connectivity index (χ0n) is 8.44. The zero-order chi connectivity index (χ0) is 12.1. The molecule has 0 bridgehead atoms. The van der Waals surface area contributed by atoms with Gasteiger partial charge in [0.2, 0.25) is 0 Å². The van der Waals surface area contributed by atoms with E-state index < -0.39 is 11.7 Å². The van der Waals surface area contributed by atoms with Gasteiger partial charge in [-0.3, -0.25) is 4.98 Å². The van der Waals surface area contributed by atoms with E-state index in [0.29, 0.717) is 5.65 Å². The van der Waals surface area contributed by atoms with Crippen molar-refractivity contribution in [1.29, 1.82) is 0 Å². The molecule has 0 saturated heterocycles. The van der Waals surface area contributed by atoms with E-state index in [4.69, 9.17) is 0 Å². The maximum atomic E-state index is 12.8. The third kappa shape index (κ3) is 1.49. The lowest BCUT2D eigenvalue weighted by molar-refractivity contribution is -0.151. The largest absolute Gasteiger partial charge is 0.411 e. The minimum atomic E-state index is -4.29. The lowest BCUT2D eigenvalue weighted by atomic mass is 10.2. The first-order chi connectivity index (χ1) is 8.02. The lowest BCUT2D eigenvalue weighted by Crippen LogP contribution is -2.39. The van der Waals surface area contributed by atoms with Crippen LogP contribution in [0.4, 0.5) is 19.0 Å². The molecule has 6 nitrogen and oxygen atoms in total. The molecule has 1 saturated carbocycles. The first-order valence-corrected chi connectivity index (χ1v) is 4.89. The number of halogens is 3. The van der Waals surface area contributed by atoms with E-state index in [0.717, 1.165) is 0 Å². The average molecular weight is 244 g/mol. The Morgan fingerprint density at radius 1 is 1.29 bits per heavy atom. The Morgan fingerprint density at radius 2 is 2.06 bits per heavy atom. The van der Waals surface area contributed by atoms with Gasteiger partial charge in [0.15, 0.2) is 11.5 Å². The molecule has 1 aliphatic rings. The number of rotatable bonds is 2. The van der Waals surface area contributed by atoms with Gasteiger partial charge >= 0.3 is 6.18 Å². The highest BCUT2D eigenvalue weighted by atomic mass is 19.4. The number of hydrogen-bond acceptors (Lipinski definition) is 5. The van der Waals surface area contributed by atoms with Crippen LogP contribution in [0.2, 0.25) is 0 Å². The van der Waals surface area contributed by atoms with E-state index in [-0.39, 0.29) is 18.7 Å². The summed E-state index contributed by atoms with van der Waals surface area (Å²) in [6.45, 7) is 0. The summed E-state index contributed by atoms with van der Waals surface area (Å²) in [6, 6.07) is 0. The van der Waals surface area contributed by atoms with Gasteiger partial charge in [0.25, 0.3) is 0 Å². The Labute approximate surface area is 92.8 Å². The van der Waals surface area contributed by atoms with Crippen LogP contribution in [0.1, 0.15) is 12.8 Å². The molecule has 3 rings (SSSR count). The van der Waals surface area contributed by atoms with Crippen molar-refractivity contribution in [3.8, 4) is 0 Å². The molecular weight excluding hydrogens is 237 g/mol. The fraction of sp³-hybridized carbons (Fsp3) is 0.500. The molecule has 0 radical (unpaired) electrons. The summed E-state index contributed by atoms with van der Waals surface area (Å²) in [7, 11) is 0. The molecule has 0 spiro atoms. The maximum Gasteiger partial charge on any atom is 0.411 e. The summed E-state index contributed by atoms with van der Waals surface area (Å²) >= 11 is 0. The second-order valence-electron chi connectivity index (χ2n) is 3.95. The van der Waals surface area contributed by atoms with Crippen LogP contribution in [-0.2, 0) is 0 Å². The van der Waals surface area contributed by atoms with Crippen molar-refractivity contribution in [2.75, 3.05) is 5.32 Å². The van der Waals surface area contributed by atoms with Crippen LogP contribution in [0.3, 0.4) is 0 Å². The predicted octanol–water partition coefficient (Wildman–Crippen LogP) is 1.03. The molecule has 2 aromatic rings. The SMILES string of the molecule is FC(F)(F)C1(Nc2cncc3nnnn23)CC1. The predicted molar refractivity (Wildman–Crippen MR) is 50.2 cm³/mol. The smallest absolute Gasteiger partial charge is 0.355 e. The number of aromatic nitrogens is 5. The van der Waals surface area contributed by atoms with Crippen molar-refractivity contribution >= 4 is 11.5 Å². The van der Waals surface area contributed by atoms with Crippen LogP contribution in [0, 0.1) is 0 Å². The van der Waals surface area contributed by atoms with Crippen LogP contribution < -0.4 is 5.32 Å². The first kappa shape index (κ1) is 10.2. The number of nitrogens with one attached hydrogen (secondary N) is 1. The molecule has 2 aromatic heterocycles. The molecular formula is C8H7F3N6. The van der Waals surface area contributed by atoms with Gasteiger partial charge in [0, 0.05) is 0 Å². The van der Waals surface area contributed by atoms with Crippen LogP contribution in [0.5, 0.6) is 0 Å². The van der Waals surface area contributed by atoms with E-state index in [1.54, 1.807) is 0 Å². The van der Waals surface area contributed by atoms with Crippen molar-refractivity contribution in [2.45, 2.75) is 24.6 Å². The Morgan fingerprint density at radius 3 is 2.71 bits per heavy atom. The molecule has 0 amide bonds. The summed E-state index contributed by atoms with van der Waals surface area (Å²) < 4.78 is 39.5. The standard InChI is InChI=1S/C8H7F3N6/c9-8(10,11)7(1-2-7)13-5-3-12-4-6-14-15-16-17(5)6/h3-4,13H,1-2H2. The molecule has 1 N–H and O–H groups in total. The highest BCUT2D eigenvalue weighted by molar-refractivity contribution is 5.47. The number of alkyl halides is 3. The zero-order valence-corrected chi connectivity index (χ0v) is 8.44. The van der Waals surface area contributed by atoms with Crippen LogP contribution >= 0.6 is 0 Å². The highest BCUT2D eigenvalue weighted by Gasteiger charge is 2.63. The number of tetrazole rings is 1. The summed E-state index contributed by atoms with van der Waals surface area (Å²) in [5, 5.41) is 13.0. The Kier molecular flexibility index (Phi) is 1.84. The normalized spacial score (nSPS) is 18.3. The van der Waals surface area contributed by atoms with E-state index in [9.17, 15) is 13.2 Å². The molecule has 0 aromatic carbocycles. The first-order valence-electron chi connectivity index (χ1n) is 4.89. The summed E-state index contributed by atoms with van der Waals surface area (Å²) in [5.41, 5.74) is -1.55. The van der Waals surface area contributed by atoms with Crippen molar-refractivity contribution in [1.82, 2.24) is 25.0 Å². The van der Waals surface area contributed by atoms with Crippen LogP contribution in [0.15, 0.2) is 12.4 Å². The molecule has 1 aliphatic carbocycles. The van der Waals surface area contributed by atoms with Crippen molar-refractivity contribution in [3.05, 3.63) is 12.4 Å². The summed E-state index contributed by atoms with van der Waals surface area (Å²) in [6.07, 6.45) is -1.54. The van der Waals surface area contributed by atoms with E-state index in [1.165, 1.54) is 16.9 Å². The van der Waals surface area contributed by atoms with Gasteiger partial charge in [-0.15, -0.1) is 5.10 Å². The fourth-order valence-corrected chi connectivity index (χ4v) is 1.61. The van der Waals surface area contributed by atoms with Crippen molar-refractivity contribution in [3.63, 3.8) is 0 Å². The Bertz CT molecular complexity index is 558. The molecule has 1 fully saturated rings. The molecule has 90 valence electrons. The second-order valence-corrected chi connectivity index (χ2v) is 3.95. The topological polar surface area (TPSA) is 68.0 Å². The quantitative estimate of drug-likeness (QED) is 0.854. The van der Waals surface area contributed by atoms with Gasteiger partial charge in [-0.25, -0.2) is 0 Å². The molecule has 2 heterocycles. The fourth-order valence-electron chi connectivity index (χ4n) is 1.61. The third-order valence-electron chi connectivity index (χ3n) is 2.77. The van der Waals surface area contributed by atoms with Gasteiger partial charge < -0.3 is 5.32 Å². The average Bonchev–Trinajstić information content (AvgIpc) is 2.89. The Balaban J connectivity index is 1.98. The second kappa shape index (κ2) is 3.05. The minimum absolute atomic E-state index is 0.0506. The summed E-state index contributed by atoms with van der Waals surface area (Å²) in [5.74, 6) is 0.141. The lowest BCUT2D eigenvalue weighted by Gasteiger charge is -2.21. The maximum absolute atomic E-state index is 12.8. The van der Waals surface area contributed by atoms with Gasteiger partial charge in [-0.1, -0.05) is 0 Å². The van der Waals surface area contributed by atoms with Gasteiger partial charge in [0.05, 0.1) is 12.4 Å². The monoisotopic (exact) mass is 244 g/mol. The van der Waals surface area contributed by atoms with E-state index >= 15 is 0 Å². The number of hydrogen-bond donors (Lipinski definition) is 1. The van der Waals surface area contributed by atoms with Crippen LogP contribution in [0.25, 0.3) is 5.65 Å². The summed E-state index contributed by atoms with van der Waals surface area (Å²) in [4.78, 5) is 3.79. The van der Waals surface area contributed by atoms with Gasteiger partial charge in [-0.2, -0.15) is 17.7 Å². The van der Waals surface area contributed by atoms with Crippen molar-refractivity contribution < 1.29 is 13.2 Å². The Hall–Kier alpha value is -1.93. The number of anilines is 1. The van der Waals surface area contributed by atoms with Crippen LogP contribution in [-0.4, -0.2) is 36.7 Å². The van der Waals surface area contributed by atoms with E-state index in [1.807, 2.05) is 0 Å². The molecule has 0 atom stereocenters. The highest BCUT2D eigenvalue weighted by Crippen LogP contribution is 2.50. The van der Waals surface area contributed by atoms with Crippen molar-refractivity contribution in [2.24, 2.45) is 0 Å². The number of nitrogens with zero attached hydrogens (tertiary/aromatic N) is 5. The van der Waals surface area contributed by atoms with Gasteiger partial charge in [-0.05, 0) is 23.3 Å². The molecule has 17 heavy (non-hydrogen) atoms. The van der Waals surface area contributed by atoms with Gasteiger partial charge in [0.1, 0.15) is 5.54 Å². The minimum Gasteiger partial charge on any atom is -0.355 e. The molecule has 0 unspecified atom stereocenters. The number of fused-ring (bicyclic) bond motifs is 1. The molecule has 9 heteroatoms. The molecule has 0 aliphatic heterocycles. The third-order valence-corrected chi connectivity index (χ3v) is 2.77.